The van der Waals surface area contributed by atoms with Gasteiger partial charge in [-0.05, 0) is 49.1 Å². The highest BCUT2D eigenvalue weighted by atomic mass is 32.2. The number of hydrogen-bond acceptors (Lipinski definition) is 6. The van der Waals surface area contributed by atoms with Crippen LogP contribution in [0.1, 0.15) is 26.5 Å². The van der Waals surface area contributed by atoms with Crippen LogP contribution in [0, 0.1) is 0 Å². The molecule has 1 atom stereocenters. The van der Waals surface area contributed by atoms with Crippen LogP contribution in [0.5, 0.6) is 0 Å². The monoisotopic (exact) mass is 417 g/mol. The van der Waals surface area contributed by atoms with Gasteiger partial charge in [0.05, 0.1) is 11.8 Å². The van der Waals surface area contributed by atoms with Crippen molar-refractivity contribution in [3.63, 3.8) is 0 Å². The molecular weight excluding hydrogens is 398 g/mol. The van der Waals surface area contributed by atoms with Gasteiger partial charge in [-0.2, -0.15) is 0 Å². The Kier molecular flexibility index (Phi) is 5.07. The normalized spacial score (nSPS) is 19.4. The number of esters is 1. The molecular formula is C20H19NO5S2. The van der Waals surface area contributed by atoms with Crippen LogP contribution in [0.2, 0.25) is 0 Å². The average Bonchev–Trinajstić information content (AvgIpc) is 3.35. The summed E-state index contributed by atoms with van der Waals surface area (Å²) in [4.78, 5) is 28.3. The van der Waals surface area contributed by atoms with Gasteiger partial charge in [0.15, 0.2) is 16.4 Å². The number of nitrogens with zero attached hydrogens (tertiary/aromatic N) is 1. The SMILES string of the molecule is O=C(OCC(=O)N(c1ccccc1)[C@@H]1C=CS(=O)(=O)C1)c1cc2c(s1)CCC2. The third kappa shape index (κ3) is 3.88. The van der Waals surface area contributed by atoms with Gasteiger partial charge < -0.3 is 9.64 Å². The van der Waals surface area contributed by atoms with Gasteiger partial charge in [0, 0.05) is 16.0 Å². The molecule has 2 heterocycles. The lowest BCUT2D eigenvalue weighted by Gasteiger charge is -2.27. The second-order valence-electron chi connectivity index (χ2n) is 6.81. The van der Waals surface area contributed by atoms with Crippen LogP contribution in [-0.4, -0.2) is 38.7 Å². The maximum absolute atomic E-state index is 12.8. The van der Waals surface area contributed by atoms with Crippen LogP contribution in [0.15, 0.2) is 47.9 Å². The standard InChI is InChI=1S/C20H19NO5S2/c22-19(12-26-20(23)18-11-14-5-4-8-17(14)27-18)21(15-6-2-1-3-7-15)16-9-10-28(24,25)13-16/h1-3,6-7,9-11,16H,4-5,8,12-13H2/t16-/m1/s1. The predicted molar refractivity (Wildman–Crippen MR) is 107 cm³/mol. The molecule has 2 aliphatic rings. The molecule has 0 saturated carbocycles. The highest BCUT2D eigenvalue weighted by molar-refractivity contribution is 7.94. The van der Waals surface area contributed by atoms with Crippen molar-refractivity contribution in [2.24, 2.45) is 0 Å². The predicted octanol–water partition coefficient (Wildman–Crippen LogP) is 2.74. The summed E-state index contributed by atoms with van der Waals surface area (Å²) in [5.41, 5.74) is 1.75. The van der Waals surface area contributed by atoms with Crippen LogP contribution in [0.3, 0.4) is 0 Å². The zero-order valence-electron chi connectivity index (χ0n) is 15.0. The average molecular weight is 418 g/mol. The van der Waals surface area contributed by atoms with Crippen LogP contribution in [-0.2, 0) is 32.2 Å². The molecule has 1 aliphatic heterocycles. The first kappa shape index (κ1) is 18.9. The molecule has 0 spiro atoms. The molecule has 1 aromatic carbocycles. The number of para-hydroxylation sites is 1. The summed E-state index contributed by atoms with van der Waals surface area (Å²) in [5, 5.41) is 1.13. The Bertz CT molecular complexity index is 1020. The number of hydrogen-bond donors (Lipinski definition) is 0. The third-order valence-electron chi connectivity index (χ3n) is 4.82. The molecule has 1 amide bonds. The van der Waals surface area contributed by atoms with Crippen molar-refractivity contribution >= 4 is 38.7 Å². The largest absolute Gasteiger partial charge is 0.451 e. The number of anilines is 1. The maximum atomic E-state index is 12.8. The highest BCUT2D eigenvalue weighted by Crippen LogP contribution is 2.31. The van der Waals surface area contributed by atoms with Crippen molar-refractivity contribution in [3.05, 3.63) is 63.2 Å². The van der Waals surface area contributed by atoms with Crippen molar-refractivity contribution in [3.8, 4) is 0 Å². The Morgan fingerprint density at radius 2 is 1.96 bits per heavy atom. The number of sulfone groups is 1. The topological polar surface area (TPSA) is 80.8 Å². The summed E-state index contributed by atoms with van der Waals surface area (Å²) in [6.45, 7) is -0.444. The summed E-state index contributed by atoms with van der Waals surface area (Å²) < 4.78 is 28.9. The summed E-state index contributed by atoms with van der Waals surface area (Å²) in [6.07, 6.45) is 4.56. The number of rotatable bonds is 5. The summed E-state index contributed by atoms with van der Waals surface area (Å²) >= 11 is 1.42. The van der Waals surface area contributed by atoms with Gasteiger partial charge in [-0.25, -0.2) is 13.2 Å². The Morgan fingerprint density at radius 3 is 2.64 bits per heavy atom. The summed E-state index contributed by atoms with van der Waals surface area (Å²) in [5.74, 6) is -1.16. The molecule has 0 bridgehead atoms. The van der Waals surface area contributed by atoms with Crippen molar-refractivity contribution in [1.82, 2.24) is 0 Å². The van der Waals surface area contributed by atoms with Gasteiger partial charge in [-0.15, -0.1) is 11.3 Å². The quantitative estimate of drug-likeness (QED) is 0.699. The first-order valence-electron chi connectivity index (χ1n) is 9.00. The fourth-order valence-electron chi connectivity index (χ4n) is 3.53. The smallest absolute Gasteiger partial charge is 0.348 e. The number of amides is 1. The van der Waals surface area contributed by atoms with Gasteiger partial charge >= 0.3 is 5.97 Å². The van der Waals surface area contributed by atoms with E-state index in [1.807, 2.05) is 12.1 Å². The van der Waals surface area contributed by atoms with E-state index in [1.165, 1.54) is 32.8 Å². The third-order valence-corrected chi connectivity index (χ3v) is 7.42. The Hall–Kier alpha value is -2.45. The van der Waals surface area contributed by atoms with Gasteiger partial charge in [0.2, 0.25) is 0 Å². The van der Waals surface area contributed by atoms with Crippen LogP contribution < -0.4 is 4.90 Å². The molecule has 6 nitrogen and oxygen atoms in total. The van der Waals surface area contributed by atoms with Crippen molar-refractivity contribution in [2.75, 3.05) is 17.3 Å². The van der Waals surface area contributed by atoms with Crippen LogP contribution in [0.4, 0.5) is 5.69 Å². The zero-order valence-corrected chi connectivity index (χ0v) is 16.7. The van der Waals surface area contributed by atoms with E-state index in [2.05, 4.69) is 0 Å². The molecule has 4 rings (SSSR count). The van der Waals surface area contributed by atoms with Gasteiger partial charge in [0.25, 0.3) is 5.91 Å². The van der Waals surface area contributed by atoms with Gasteiger partial charge in [0.1, 0.15) is 4.88 Å². The van der Waals surface area contributed by atoms with E-state index < -0.39 is 34.4 Å². The lowest BCUT2D eigenvalue weighted by atomic mass is 10.2. The lowest BCUT2D eigenvalue weighted by Crippen LogP contribution is -2.43. The summed E-state index contributed by atoms with van der Waals surface area (Å²) in [7, 11) is -3.34. The molecule has 0 unspecified atom stereocenters. The molecule has 1 aromatic heterocycles. The molecule has 2 aromatic rings. The Balaban J connectivity index is 1.48. The van der Waals surface area contributed by atoms with Crippen molar-refractivity contribution < 1.29 is 22.7 Å². The van der Waals surface area contributed by atoms with Crippen molar-refractivity contribution in [1.29, 1.82) is 0 Å². The number of aryl methyl sites for hydroxylation is 2. The van der Waals surface area contributed by atoms with E-state index in [9.17, 15) is 18.0 Å². The minimum atomic E-state index is -3.34. The molecule has 0 N–H and O–H groups in total. The van der Waals surface area contributed by atoms with E-state index >= 15 is 0 Å². The number of thiophene rings is 1. The molecule has 1 aliphatic carbocycles. The summed E-state index contributed by atoms with van der Waals surface area (Å²) in [6, 6.07) is 10.0. The molecule has 0 saturated heterocycles. The minimum Gasteiger partial charge on any atom is -0.451 e. The van der Waals surface area contributed by atoms with Gasteiger partial charge in [-0.3, -0.25) is 4.79 Å². The Labute approximate surface area is 167 Å². The zero-order chi connectivity index (χ0) is 19.7. The van der Waals surface area contributed by atoms with Crippen LogP contribution in [0.25, 0.3) is 0 Å². The fourth-order valence-corrected chi connectivity index (χ4v) is 5.94. The Morgan fingerprint density at radius 1 is 1.18 bits per heavy atom. The maximum Gasteiger partial charge on any atom is 0.348 e. The molecule has 0 fully saturated rings. The minimum absolute atomic E-state index is 0.181. The fraction of sp³-hybridized carbons (Fsp3) is 0.300. The highest BCUT2D eigenvalue weighted by Gasteiger charge is 2.32. The molecule has 8 heteroatoms. The van der Waals surface area contributed by atoms with Crippen LogP contribution >= 0.6 is 11.3 Å². The number of ether oxygens (including phenoxy) is 1. The number of carbonyl (C=O) groups excluding carboxylic acids is 2. The number of fused-ring (bicyclic) bond motifs is 1. The first-order chi connectivity index (χ1) is 13.4. The number of benzene rings is 1. The van der Waals surface area contributed by atoms with E-state index in [4.69, 9.17) is 4.74 Å². The van der Waals surface area contributed by atoms with Gasteiger partial charge in [-0.1, -0.05) is 18.2 Å². The molecule has 0 radical (unpaired) electrons. The second kappa shape index (κ2) is 7.52. The second-order valence-corrected chi connectivity index (χ2v) is 9.88. The first-order valence-corrected chi connectivity index (χ1v) is 11.5. The van der Waals surface area contributed by atoms with Crippen molar-refractivity contribution in [2.45, 2.75) is 25.3 Å². The van der Waals surface area contributed by atoms with E-state index in [0.717, 1.165) is 24.7 Å². The van der Waals surface area contributed by atoms with E-state index in [0.29, 0.717) is 10.6 Å². The van der Waals surface area contributed by atoms with E-state index in [1.54, 1.807) is 24.3 Å². The molecule has 28 heavy (non-hydrogen) atoms. The number of carbonyl (C=O) groups is 2. The lowest BCUT2D eigenvalue weighted by molar-refractivity contribution is -0.121. The molecule has 146 valence electrons. The van der Waals surface area contributed by atoms with E-state index in [-0.39, 0.29) is 5.75 Å².